The predicted octanol–water partition coefficient (Wildman–Crippen LogP) is 3.36. The molecule has 0 fully saturated rings. The van der Waals surface area contributed by atoms with Gasteiger partial charge in [-0.1, -0.05) is 28.2 Å². The average Bonchev–Trinajstić information content (AvgIpc) is 3.10. The molecule has 0 saturated heterocycles. The molecule has 0 saturated carbocycles. The van der Waals surface area contributed by atoms with E-state index in [1.807, 2.05) is 23.6 Å². The number of carbonyl (C=O) groups is 1. The summed E-state index contributed by atoms with van der Waals surface area (Å²) in [5.41, 5.74) is 2.01. The van der Waals surface area contributed by atoms with Gasteiger partial charge in [0.25, 0.3) is 5.91 Å². The third-order valence-corrected chi connectivity index (χ3v) is 4.29. The zero-order valence-electron chi connectivity index (χ0n) is 11.7. The molecule has 0 radical (unpaired) electrons. The lowest BCUT2D eigenvalue weighted by atomic mass is 10.1. The van der Waals surface area contributed by atoms with Gasteiger partial charge in [-0.05, 0) is 35.8 Å². The predicted molar refractivity (Wildman–Crippen MR) is 88.8 cm³/mol. The lowest BCUT2D eigenvalue weighted by Gasteiger charge is -2.35. The summed E-state index contributed by atoms with van der Waals surface area (Å²) in [6.07, 6.45) is 1.05. The third kappa shape index (κ3) is 2.43. The van der Waals surface area contributed by atoms with Crippen LogP contribution in [0.3, 0.4) is 0 Å². The van der Waals surface area contributed by atoms with Gasteiger partial charge in [0.05, 0.1) is 10.6 Å². The summed E-state index contributed by atoms with van der Waals surface area (Å²) in [4.78, 5) is 18.8. The molecule has 0 aliphatic carbocycles. The van der Waals surface area contributed by atoms with E-state index in [-0.39, 0.29) is 5.91 Å². The van der Waals surface area contributed by atoms with Crippen molar-refractivity contribution in [2.24, 2.45) is 0 Å². The van der Waals surface area contributed by atoms with Crippen LogP contribution < -0.4 is 10.2 Å². The van der Waals surface area contributed by atoms with Gasteiger partial charge in [0, 0.05) is 17.3 Å². The number of fused-ring (bicyclic) bond motifs is 1. The Balaban J connectivity index is 1.85. The summed E-state index contributed by atoms with van der Waals surface area (Å²) >= 11 is 7.14. The van der Waals surface area contributed by atoms with Crippen molar-refractivity contribution in [1.82, 2.24) is 14.6 Å². The highest BCUT2D eigenvalue weighted by atomic mass is 35.5. The minimum absolute atomic E-state index is 0.146. The molecule has 1 amide bonds. The zero-order valence-corrected chi connectivity index (χ0v) is 13.3. The van der Waals surface area contributed by atoms with Gasteiger partial charge in [-0.2, -0.15) is 0 Å². The summed E-state index contributed by atoms with van der Waals surface area (Å²) in [6.45, 7) is 0. The number of para-hydroxylation sites is 1. The topological polar surface area (TPSA) is 71.0 Å². The molecule has 0 bridgehead atoms. The van der Waals surface area contributed by atoms with Crippen molar-refractivity contribution in [1.29, 1.82) is 0 Å². The van der Waals surface area contributed by atoms with E-state index in [2.05, 4.69) is 19.9 Å². The van der Waals surface area contributed by atoms with Crippen LogP contribution in [-0.2, 0) is 0 Å². The average molecular weight is 344 g/mol. The van der Waals surface area contributed by atoms with Crippen molar-refractivity contribution in [3.63, 3.8) is 0 Å². The van der Waals surface area contributed by atoms with Crippen molar-refractivity contribution in [3.05, 3.63) is 64.3 Å². The normalized spacial score (nSPS) is 16.8. The van der Waals surface area contributed by atoms with Crippen LogP contribution in [0.2, 0.25) is 5.02 Å². The van der Waals surface area contributed by atoms with Crippen molar-refractivity contribution in [2.45, 2.75) is 6.17 Å². The van der Waals surface area contributed by atoms with Gasteiger partial charge in [-0.25, -0.2) is 4.98 Å². The number of nitrogens with zero attached hydrogens (tertiary/aromatic N) is 4. The van der Waals surface area contributed by atoms with E-state index < -0.39 is 6.17 Å². The van der Waals surface area contributed by atoms with Crippen LogP contribution in [0.25, 0.3) is 0 Å². The Bertz CT molecular complexity index is 853. The highest BCUT2D eigenvalue weighted by molar-refractivity contribution is 7.03. The molecule has 0 unspecified atom stereocenters. The van der Waals surface area contributed by atoms with Crippen molar-refractivity contribution in [2.75, 3.05) is 10.2 Å². The van der Waals surface area contributed by atoms with Crippen LogP contribution in [0, 0.1) is 0 Å². The Morgan fingerprint density at radius 1 is 1.22 bits per heavy atom. The number of halogens is 1. The van der Waals surface area contributed by atoms with Gasteiger partial charge in [-0.15, -0.1) is 5.10 Å². The number of pyridine rings is 1. The van der Waals surface area contributed by atoms with E-state index in [0.29, 0.717) is 22.1 Å². The summed E-state index contributed by atoms with van der Waals surface area (Å²) < 4.78 is 3.89. The lowest BCUT2D eigenvalue weighted by Crippen LogP contribution is -2.43. The first-order chi connectivity index (χ1) is 11.2. The van der Waals surface area contributed by atoms with E-state index in [9.17, 15) is 4.79 Å². The van der Waals surface area contributed by atoms with E-state index in [1.54, 1.807) is 23.1 Å². The molecule has 23 heavy (non-hydrogen) atoms. The molecule has 1 atom stereocenters. The molecule has 1 aliphatic rings. The second-order valence-corrected chi connectivity index (χ2v) is 5.98. The summed E-state index contributed by atoms with van der Waals surface area (Å²) in [5, 5.41) is 9.75. The first-order valence-electron chi connectivity index (χ1n) is 6.81. The van der Waals surface area contributed by atoms with Crippen LogP contribution in [-0.4, -0.2) is 20.5 Å². The van der Waals surface area contributed by atoms with Gasteiger partial charge in [0.15, 0.2) is 6.17 Å². The minimum atomic E-state index is -0.468. The van der Waals surface area contributed by atoms with E-state index in [4.69, 9.17) is 11.6 Å². The minimum Gasteiger partial charge on any atom is -0.359 e. The molecule has 1 aliphatic heterocycles. The highest BCUT2D eigenvalue weighted by Crippen LogP contribution is 2.35. The fourth-order valence-electron chi connectivity index (χ4n) is 2.50. The molecule has 1 N–H and O–H groups in total. The SMILES string of the molecule is O=C1c2ccccc2N[C@H](c2csnn2)N1c1ccc(Cl)cn1. The maximum Gasteiger partial charge on any atom is 0.263 e. The first-order valence-corrected chi connectivity index (χ1v) is 8.03. The van der Waals surface area contributed by atoms with Gasteiger partial charge < -0.3 is 5.32 Å². The Hall–Kier alpha value is -2.51. The molecule has 4 rings (SSSR count). The number of benzene rings is 1. The molecule has 8 heteroatoms. The van der Waals surface area contributed by atoms with Crippen molar-refractivity contribution in [3.8, 4) is 0 Å². The molecule has 114 valence electrons. The van der Waals surface area contributed by atoms with Crippen LogP contribution in [0.15, 0.2) is 48.0 Å². The van der Waals surface area contributed by atoms with Crippen molar-refractivity contribution >= 4 is 40.5 Å². The smallest absolute Gasteiger partial charge is 0.263 e. The van der Waals surface area contributed by atoms with Crippen LogP contribution in [0.1, 0.15) is 22.2 Å². The van der Waals surface area contributed by atoms with E-state index in [1.165, 1.54) is 17.7 Å². The maximum atomic E-state index is 13.0. The number of aromatic nitrogens is 3. The highest BCUT2D eigenvalue weighted by Gasteiger charge is 2.35. The largest absolute Gasteiger partial charge is 0.359 e. The first kappa shape index (κ1) is 14.1. The van der Waals surface area contributed by atoms with Crippen LogP contribution >= 0.6 is 23.1 Å². The van der Waals surface area contributed by atoms with Gasteiger partial charge >= 0.3 is 0 Å². The van der Waals surface area contributed by atoms with Gasteiger partial charge in [-0.3, -0.25) is 9.69 Å². The van der Waals surface area contributed by atoms with Crippen molar-refractivity contribution < 1.29 is 4.79 Å². The van der Waals surface area contributed by atoms with Gasteiger partial charge in [0.2, 0.25) is 0 Å². The number of hydrogen-bond donors (Lipinski definition) is 1. The number of anilines is 2. The summed E-state index contributed by atoms with van der Waals surface area (Å²) in [6, 6.07) is 10.8. The third-order valence-electron chi connectivity index (χ3n) is 3.54. The number of rotatable bonds is 2. The molecular weight excluding hydrogens is 334 g/mol. The van der Waals surface area contributed by atoms with E-state index >= 15 is 0 Å². The molecule has 3 aromatic rings. The fraction of sp³-hybridized carbons (Fsp3) is 0.0667. The molecule has 3 heterocycles. The molecule has 2 aromatic heterocycles. The number of amides is 1. The molecule has 6 nitrogen and oxygen atoms in total. The standard InChI is InChI=1S/C15H10ClN5OS/c16-9-5-6-13(17-7-9)21-14(12-8-23-20-19-12)18-11-4-2-1-3-10(11)15(21)22/h1-8,14,18H/t14-/m0/s1. The summed E-state index contributed by atoms with van der Waals surface area (Å²) in [7, 11) is 0. The number of nitrogens with one attached hydrogen (secondary N) is 1. The van der Waals surface area contributed by atoms with Crippen LogP contribution in [0.5, 0.6) is 0 Å². The maximum absolute atomic E-state index is 13.0. The van der Waals surface area contributed by atoms with Gasteiger partial charge in [0.1, 0.15) is 11.5 Å². The fourth-order valence-corrected chi connectivity index (χ4v) is 3.08. The quantitative estimate of drug-likeness (QED) is 0.772. The zero-order chi connectivity index (χ0) is 15.8. The molecule has 1 aromatic carbocycles. The monoisotopic (exact) mass is 343 g/mol. The second-order valence-electron chi connectivity index (χ2n) is 4.93. The molecule has 0 spiro atoms. The van der Waals surface area contributed by atoms with E-state index in [0.717, 1.165) is 5.69 Å². The Labute approximate surface area is 140 Å². The summed E-state index contributed by atoms with van der Waals surface area (Å²) in [5.74, 6) is 0.353. The Kier molecular flexibility index (Phi) is 3.44. The lowest BCUT2D eigenvalue weighted by molar-refractivity contribution is 0.0973. The van der Waals surface area contributed by atoms with Crippen LogP contribution in [0.4, 0.5) is 11.5 Å². The number of hydrogen-bond acceptors (Lipinski definition) is 6. The Morgan fingerprint density at radius 3 is 2.83 bits per heavy atom. The number of carbonyl (C=O) groups excluding carboxylic acids is 1. The second kappa shape index (κ2) is 5.60. The molecular formula is C15H10ClN5OS. The Morgan fingerprint density at radius 2 is 2.09 bits per heavy atom.